The Bertz CT molecular complexity index is 802. The molecular weight excluding hydrogens is 378 g/mol. The number of anilines is 1. The maximum absolute atomic E-state index is 12.6. The second-order valence-corrected chi connectivity index (χ2v) is 6.68. The first-order valence-electron chi connectivity index (χ1n) is 6.76. The summed E-state index contributed by atoms with van der Waals surface area (Å²) in [6.45, 7) is 0. The summed E-state index contributed by atoms with van der Waals surface area (Å²) in [5.74, 6) is 0.273. The number of amides is 2. The maximum atomic E-state index is 12.6. The lowest BCUT2D eigenvalue weighted by molar-refractivity contribution is -0.113. The zero-order chi connectivity index (χ0) is 16.4. The van der Waals surface area contributed by atoms with E-state index in [4.69, 9.17) is 4.74 Å². The number of imide groups is 1. The van der Waals surface area contributed by atoms with Crippen molar-refractivity contribution in [3.63, 3.8) is 0 Å². The highest BCUT2D eigenvalue weighted by Crippen LogP contribution is 2.36. The Kier molecular flexibility index (Phi) is 4.54. The normalized spacial score (nSPS) is 16.3. The minimum atomic E-state index is -0.323. The van der Waals surface area contributed by atoms with Crippen LogP contribution in [0.3, 0.4) is 0 Å². The summed E-state index contributed by atoms with van der Waals surface area (Å²) >= 11 is 4.30. The second-order valence-electron chi connectivity index (χ2n) is 4.77. The van der Waals surface area contributed by atoms with Crippen molar-refractivity contribution in [2.24, 2.45) is 0 Å². The van der Waals surface area contributed by atoms with Gasteiger partial charge >= 0.3 is 0 Å². The smallest absolute Gasteiger partial charge is 0.298 e. The summed E-state index contributed by atoms with van der Waals surface area (Å²) in [5, 5.41) is -0.313. The molecule has 0 aromatic heterocycles. The van der Waals surface area contributed by atoms with E-state index in [-0.39, 0.29) is 11.1 Å². The van der Waals surface area contributed by atoms with Crippen molar-refractivity contribution < 1.29 is 14.3 Å². The molecular formula is C17H12BrNO3S. The topological polar surface area (TPSA) is 46.6 Å². The molecule has 1 heterocycles. The average molecular weight is 390 g/mol. The molecule has 0 unspecified atom stereocenters. The van der Waals surface area contributed by atoms with Gasteiger partial charge in [0.2, 0.25) is 0 Å². The number of thioether (sulfide) groups is 1. The zero-order valence-corrected chi connectivity index (χ0v) is 14.6. The molecule has 1 fully saturated rings. The molecule has 1 aliphatic rings. The monoisotopic (exact) mass is 389 g/mol. The van der Waals surface area contributed by atoms with Crippen molar-refractivity contribution in [1.29, 1.82) is 0 Å². The number of carbonyl (C=O) groups excluding carboxylic acids is 2. The van der Waals surface area contributed by atoms with Gasteiger partial charge < -0.3 is 4.74 Å². The van der Waals surface area contributed by atoms with Crippen molar-refractivity contribution in [3.05, 3.63) is 63.5 Å². The van der Waals surface area contributed by atoms with Crippen LogP contribution in [0.15, 0.2) is 57.9 Å². The van der Waals surface area contributed by atoms with Crippen LogP contribution in [0, 0.1) is 0 Å². The van der Waals surface area contributed by atoms with Crippen LogP contribution in [-0.2, 0) is 4.79 Å². The van der Waals surface area contributed by atoms with Crippen LogP contribution in [0.2, 0.25) is 0 Å². The third kappa shape index (κ3) is 3.33. The molecule has 3 rings (SSSR count). The highest BCUT2D eigenvalue weighted by Gasteiger charge is 2.36. The Hall–Kier alpha value is -2.05. The first-order chi connectivity index (χ1) is 11.1. The van der Waals surface area contributed by atoms with E-state index < -0.39 is 0 Å². The largest absolute Gasteiger partial charge is 0.497 e. The first-order valence-corrected chi connectivity index (χ1v) is 8.37. The quantitative estimate of drug-likeness (QED) is 0.713. The summed E-state index contributed by atoms with van der Waals surface area (Å²) in [6, 6.07) is 14.4. The Morgan fingerprint density at radius 1 is 1.13 bits per heavy atom. The number of benzene rings is 2. The Morgan fingerprint density at radius 2 is 1.87 bits per heavy atom. The fraction of sp³-hybridized carbons (Fsp3) is 0.0588. The number of ether oxygens (including phenoxy) is 1. The summed E-state index contributed by atoms with van der Waals surface area (Å²) < 4.78 is 6.10. The van der Waals surface area contributed by atoms with Gasteiger partial charge in [-0.1, -0.05) is 34.1 Å². The molecule has 2 aromatic carbocycles. The predicted molar refractivity (Wildman–Crippen MR) is 95.6 cm³/mol. The van der Waals surface area contributed by atoms with Gasteiger partial charge in [0.1, 0.15) is 5.75 Å². The van der Waals surface area contributed by atoms with E-state index >= 15 is 0 Å². The highest BCUT2D eigenvalue weighted by molar-refractivity contribution is 9.10. The van der Waals surface area contributed by atoms with Crippen molar-refractivity contribution in [3.8, 4) is 5.75 Å². The van der Waals surface area contributed by atoms with Crippen molar-refractivity contribution in [1.82, 2.24) is 0 Å². The van der Waals surface area contributed by atoms with Gasteiger partial charge in [0.05, 0.1) is 17.7 Å². The van der Waals surface area contributed by atoms with E-state index in [9.17, 15) is 9.59 Å². The van der Waals surface area contributed by atoms with E-state index in [0.717, 1.165) is 26.7 Å². The van der Waals surface area contributed by atoms with E-state index in [1.54, 1.807) is 37.5 Å². The van der Waals surface area contributed by atoms with Crippen molar-refractivity contribution in [2.75, 3.05) is 12.0 Å². The standard InChI is InChI=1S/C17H12BrNO3S/c1-22-14-4-2-3-13(10-14)19-16(20)15(23-17(19)21)9-11-5-7-12(18)8-6-11/h2-10H,1H3/b15-9-. The van der Waals surface area contributed by atoms with Crippen molar-refractivity contribution >= 4 is 50.6 Å². The van der Waals surface area contributed by atoms with Gasteiger partial charge in [-0.2, -0.15) is 0 Å². The van der Waals surface area contributed by atoms with Gasteiger partial charge in [0, 0.05) is 10.5 Å². The maximum Gasteiger partial charge on any atom is 0.298 e. The van der Waals surface area contributed by atoms with Gasteiger partial charge in [-0.05, 0) is 47.7 Å². The Labute approximate surface area is 146 Å². The van der Waals surface area contributed by atoms with E-state index in [0.29, 0.717) is 16.3 Å². The molecule has 2 aromatic rings. The molecule has 2 amide bonds. The molecule has 116 valence electrons. The van der Waals surface area contributed by atoms with Crippen LogP contribution in [0.5, 0.6) is 5.75 Å². The van der Waals surface area contributed by atoms with E-state index in [2.05, 4.69) is 15.9 Å². The third-order valence-corrected chi connectivity index (χ3v) is 4.67. The Balaban J connectivity index is 1.91. The molecule has 1 aliphatic heterocycles. The van der Waals surface area contributed by atoms with Gasteiger partial charge in [-0.3, -0.25) is 9.59 Å². The summed E-state index contributed by atoms with van der Waals surface area (Å²) in [4.78, 5) is 26.3. The minimum Gasteiger partial charge on any atom is -0.497 e. The molecule has 0 atom stereocenters. The molecule has 0 N–H and O–H groups in total. The number of nitrogens with zero attached hydrogens (tertiary/aromatic N) is 1. The fourth-order valence-electron chi connectivity index (χ4n) is 2.15. The number of halogens is 1. The highest BCUT2D eigenvalue weighted by atomic mass is 79.9. The minimum absolute atomic E-state index is 0.313. The third-order valence-electron chi connectivity index (χ3n) is 3.27. The predicted octanol–water partition coefficient (Wildman–Crippen LogP) is 4.70. The number of hydrogen-bond acceptors (Lipinski definition) is 4. The summed E-state index contributed by atoms with van der Waals surface area (Å²) in [5.41, 5.74) is 1.37. The molecule has 23 heavy (non-hydrogen) atoms. The Morgan fingerprint density at radius 3 is 2.57 bits per heavy atom. The van der Waals surface area contributed by atoms with Crippen molar-refractivity contribution in [2.45, 2.75) is 0 Å². The molecule has 0 saturated carbocycles. The lowest BCUT2D eigenvalue weighted by atomic mass is 10.2. The summed E-state index contributed by atoms with van der Waals surface area (Å²) in [6.07, 6.45) is 1.72. The molecule has 0 aliphatic carbocycles. The number of rotatable bonds is 3. The molecule has 0 spiro atoms. The van der Waals surface area contributed by atoms with Gasteiger partial charge in [-0.25, -0.2) is 4.90 Å². The molecule has 1 saturated heterocycles. The number of methoxy groups -OCH3 is 1. The zero-order valence-electron chi connectivity index (χ0n) is 12.2. The van der Waals surface area contributed by atoms with Crippen LogP contribution < -0.4 is 9.64 Å². The van der Waals surface area contributed by atoms with E-state index in [1.807, 2.05) is 24.3 Å². The SMILES string of the molecule is COc1cccc(N2C(=O)S/C(=C\c3ccc(Br)cc3)C2=O)c1. The van der Waals surface area contributed by atoms with Gasteiger partial charge in [-0.15, -0.1) is 0 Å². The second kappa shape index (κ2) is 6.60. The lowest BCUT2D eigenvalue weighted by Crippen LogP contribution is -2.27. The first kappa shape index (κ1) is 15.8. The van der Waals surface area contributed by atoms with Gasteiger partial charge in [0.15, 0.2) is 0 Å². The van der Waals surface area contributed by atoms with Crippen LogP contribution >= 0.6 is 27.7 Å². The van der Waals surface area contributed by atoms with Crippen LogP contribution in [-0.4, -0.2) is 18.3 Å². The number of carbonyl (C=O) groups is 2. The van der Waals surface area contributed by atoms with Crippen LogP contribution in [0.1, 0.15) is 5.56 Å². The average Bonchev–Trinajstić information content (AvgIpc) is 2.83. The molecule has 4 nitrogen and oxygen atoms in total. The lowest BCUT2D eigenvalue weighted by Gasteiger charge is -2.13. The molecule has 0 bridgehead atoms. The van der Waals surface area contributed by atoms with E-state index in [1.165, 1.54) is 0 Å². The summed E-state index contributed by atoms with van der Waals surface area (Å²) in [7, 11) is 1.54. The van der Waals surface area contributed by atoms with Crippen LogP contribution in [0.4, 0.5) is 10.5 Å². The van der Waals surface area contributed by atoms with Gasteiger partial charge in [0.25, 0.3) is 11.1 Å². The molecule has 0 radical (unpaired) electrons. The van der Waals surface area contributed by atoms with Crippen LogP contribution in [0.25, 0.3) is 6.08 Å². The fourth-order valence-corrected chi connectivity index (χ4v) is 3.26. The number of hydrogen-bond donors (Lipinski definition) is 0. The molecule has 6 heteroatoms.